The summed E-state index contributed by atoms with van der Waals surface area (Å²) in [5.41, 5.74) is 7.33. The van der Waals surface area contributed by atoms with Gasteiger partial charge >= 0.3 is 0 Å². The average molecular weight is 219 g/mol. The van der Waals surface area contributed by atoms with E-state index in [4.69, 9.17) is 10.5 Å². The van der Waals surface area contributed by atoms with E-state index < -0.39 is 0 Å². The maximum atomic E-state index is 5.85. The highest BCUT2D eigenvalue weighted by molar-refractivity contribution is 5.68. The summed E-state index contributed by atoms with van der Waals surface area (Å²) in [4.78, 5) is 4.00. The van der Waals surface area contributed by atoms with Crippen molar-refractivity contribution in [2.75, 3.05) is 18.2 Å². The van der Waals surface area contributed by atoms with Gasteiger partial charge in [-0.3, -0.25) is 5.10 Å². The number of hydrogen-bond donors (Lipinski definition) is 3. The third-order valence-electron chi connectivity index (χ3n) is 2.17. The van der Waals surface area contributed by atoms with Gasteiger partial charge in [0.2, 0.25) is 0 Å². The number of aromatic amines is 1. The van der Waals surface area contributed by atoms with Crippen LogP contribution in [-0.2, 0) is 6.54 Å². The fourth-order valence-corrected chi connectivity index (χ4v) is 1.32. The van der Waals surface area contributed by atoms with Gasteiger partial charge in [0.1, 0.15) is 17.9 Å². The minimum absolute atomic E-state index is 0.552. The lowest BCUT2D eigenvalue weighted by molar-refractivity contribution is 0.415. The monoisotopic (exact) mass is 219 g/mol. The molecule has 2 aromatic rings. The van der Waals surface area contributed by atoms with E-state index in [1.54, 1.807) is 13.2 Å². The second kappa shape index (κ2) is 4.52. The summed E-state index contributed by atoms with van der Waals surface area (Å²) in [5.74, 6) is 1.50. The highest BCUT2D eigenvalue weighted by atomic mass is 16.5. The van der Waals surface area contributed by atoms with Crippen LogP contribution in [0.25, 0.3) is 0 Å². The molecule has 6 heteroatoms. The van der Waals surface area contributed by atoms with Gasteiger partial charge in [-0.1, -0.05) is 0 Å². The molecule has 84 valence electrons. The van der Waals surface area contributed by atoms with E-state index in [0.717, 1.165) is 17.3 Å². The molecule has 0 aliphatic carbocycles. The van der Waals surface area contributed by atoms with Gasteiger partial charge in [0.05, 0.1) is 25.0 Å². The predicted molar refractivity (Wildman–Crippen MR) is 61.1 cm³/mol. The van der Waals surface area contributed by atoms with Crippen LogP contribution in [0.5, 0.6) is 5.75 Å². The second-order valence-electron chi connectivity index (χ2n) is 3.24. The molecule has 0 unspecified atom stereocenters. The summed E-state index contributed by atoms with van der Waals surface area (Å²) in [6, 6.07) is 5.48. The Hall–Kier alpha value is -2.24. The molecule has 1 aromatic heterocycles. The van der Waals surface area contributed by atoms with E-state index in [9.17, 15) is 0 Å². The molecule has 0 amide bonds. The molecule has 1 aromatic carbocycles. The van der Waals surface area contributed by atoms with Crippen LogP contribution in [0.4, 0.5) is 11.4 Å². The van der Waals surface area contributed by atoms with Crippen LogP contribution in [0.2, 0.25) is 0 Å². The molecule has 0 aliphatic rings. The lowest BCUT2D eigenvalue weighted by atomic mass is 10.2. The van der Waals surface area contributed by atoms with E-state index in [0.29, 0.717) is 12.2 Å². The minimum atomic E-state index is 0.552. The van der Waals surface area contributed by atoms with Gasteiger partial charge in [0, 0.05) is 6.07 Å². The number of hydrogen-bond acceptors (Lipinski definition) is 5. The quantitative estimate of drug-likeness (QED) is 0.668. The molecule has 0 saturated carbocycles. The van der Waals surface area contributed by atoms with E-state index >= 15 is 0 Å². The van der Waals surface area contributed by atoms with Crippen molar-refractivity contribution in [3.8, 4) is 5.75 Å². The Kier molecular flexibility index (Phi) is 2.90. The number of aromatic nitrogens is 3. The molecule has 0 atom stereocenters. The van der Waals surface area contributed by atoms with Crippen molar-refractivity contribution in [2.45, 2.75) is 6.54 Å². The highest BCUT2D eigenvalue weighted by Gasteiger charge is 2.01. The van der Waals surface area contributed by atoms with Crippen LogP contribution in [0, 0.1) is 0 Å². The summed E-state index contributed by atoms with van der Waals surface area (Å²) in [5, 5.41) is 9.67. The summed E-state index contributed by atoms with van der Waals surface area (Å²) >= 11 is 0. The lowest BCUT2D eigenvalue weighted by Gasteiger charge is -2.09. The molecule has 0 bridgehead atoms. The molecule has 6 nitrogen and oxygen atoms in total. The van der Waals surface area contributed by atoms with Gasteiger partial charge in [-0.15, -0.1) is 0 Å². The maximum Gasteiger partial charge on any atom is 0.143 e. The van der Waals surface area contributed by atoms with Gasteiger partial charge in [-0.25, -0.2) is 4.98 Å². The average Bonchev–Trinajstić information content (AvgIpc) is 2.80. The van der Waals surface area contributed by atoms with Gasteiger partial charge in [-0.05, 0) is 12.1 Å². The molecular formula is C10H13N5O. The number of nitrogen functional groups attached to an aromatic ring is 1. The number of nitrogens with two attached hydrogens (primary N) is 1. The van der Waals surface area contributed by atoms with Gasteiger partial charge in [0.15, 0.2) is 0 Å². The maximum absolute atomic E-state index is 5.85. The molecule has 0 saturated heterocycles. The standard InChI is InChI=1S/C10H13N5O/c1-16-7-2-3-9(8(11)4-7)12-5-10-13-6-14-15-10/h2-4,6,12H,5,11H2,1H3,(H,13,14,15). The lowest BCUT2D eigenvalue weighted by Crippen LogP contribution is -2.04. The zero-order valence-corrected chi connectivity index (χ0v) is 8.90. The summed E-state index contributed by atoms with van der Waals surface area (Å²) < 4.78 is 5.06. The summed E-state index contributed by atoms with van der Waals surface area (Å²) in [6.07, 6.45) is 1.47. The second-order valence-corrected chi connectivity index (χ2v) is 3.24. The first-order chi connectivity index (χ1) is 7.79. The van der Waals surface area contributed by atoms with Gasteiger partial charge in [0.25, 0.3) is 0 Å². The number of rotatable bonds is 4. The van der Waals surface area contributed by atoms with Crippen LogP contribution in [0.15, 0.2) is 24.5 Å². The van der Waals surface area contributed by atoms with Crippen molar-refractivity contribution in [2.24, 2.45) is 0 Å². The summed E-state index contributed by atoms with van der Waals surface area (Å²) in [6.45, 7) is 0.552. The molecule has 0 aliphatic heterocycles. The third kappa shape index (κ3) is 2.22. The van der Waals surface area contributed by atoms with E-state index in [1.165, 1.54) is 6.33 Å². The van der Waals surface area contributed by atoms with Crippen molar-refractivity contribution >= 4 is 11.4 Å². The zero-order chi connectivity index (χ0) is 11.4. The summed E-state index contributed by atoms with van der Waals surface area (Å²) in [7, 11) is 1.61. The van der Waals surface area contributed by atoms with Gasteiger partial charge in [-0.2, -0.15) is 5.10 Å². The number of H-pyrrole nitrogens is 1. The van der Waals surface area contributed by atoms with Crippen molar-refractivity contribution < 1.29 is 4.74 Å². The molecule has 0 spiro atoms. The van der Waals surface area contributed by atoms with E-state index in [-0.39, 0.29) is 0 Å². The first kappa shape index (κ1) is 10.3. The Morgan fingerprint density at radius 1 is 1.50 bits per heavy atom. The fourth-order valence-electron chi connectivity index (χ4n) is 1.32. The number of benzene rings is 1. The smallest absolute Gasteiger partial charge is 0.143 e. The molecule has 0 radical (unpaired) electrons. The topological polar surface area (TPSA) is 88.8 Å². The Balaban J connectivity index is 2.04. The van der Waals surface area contributed by atoms with Gasteiger partial charge < -0.3 is 15.8 Å². The molecule has 4 N–H and O–H groups in total. The van der Waals surface area contributed by atoms with Crippen LogP contribution < -0.4 is 15.8 Å². The number of ether oxygens (including phenoxy) is 1. The molecule has 2 rings (SSSR count). The first-order valence-corrected chi connectivity index (χ1v) is 4.81. The normalized spacial score (nSPS) is 10.1. The van der Waals surface area contributed by atoms with Crippen molar-refractivity contribution in [3.05, 3.63) is 30.4 Å². The van der Waals surface area contributed by atoms with Crippen LogP contribution >= 0.6 is 0 Å². The Bertz CT molecular complexity index is 454. The SMILES string of the molecule is COc1ccc(NCc2ncn[nH]2)c(N)c1. The highest BCUT2D eigenvalue weighted by Crippen LogP contribution is 2.24. The Morgan fingerprint density at radius 3 is 3.00 bits per heavy atom. The zero-order valence-electron chi connectivity index (χ0n) is 8.90. The van der Waals surface area contributed by atoms with Crippen molar-refractivity contribution in [1.82, 2.24) is 15.2 Å². The van der Waals surface area contributed by atoms with Crippen molar-refractivity contribution in [3.63, 3.8) is 0 Å². The molecule has 1 heterocycles. The third-order valence-corrected chi connectivity index (χ3v) is 2.17. The van der Waals surface area contributed by atoms with Crippen molar-refractivity contribution in [1.29, 1.82) is 0 Å². The number of anilines is 2. The number of nitrogens with zero attached hydrogens (tertiary/aromatic N) is 2. The number of nitrogens with one attached hydrogen (secondary N) is 2. The Morgan fingerprint density at radius 2 is 2.38 bits per heavy atom. The fraction of sp³-hybridized carbons (Fsp3) is 0.200. The Labute approximate surface area is 92.8 Å². The molecular weight excluding hydrogens is 206 g/mol. The van der Waals surface area contributed by atoms with E-state index in [2.05, 4.69) is 20.5 Å². The van der Waals surface area contributed by atoms with Crippen LogP contribution in [0.1, 0.15) is 5.82 Å². The molecule has 16 heavy (non-hydrogen) atoms. The number of methoxy groups -OCH3 is 1. The minimum Gasteiger partial charge on any atom is -0.497 e. The first-order valence-electron chi connectivity index (χ1n) is 4.81. The van der Waals surface area contributed by atoms with Crippen LogP contribution in [0.3, 0.4) is 0 Å². The van der Waals surface area contributed by atoms with E-state index in [1.807, 2.05) is 12.1 Å². The molecule has 0 fully saturated rings. The predicted octanol–water partition coefficient (Wildman–Crippen LogP) is 1.01. The van der Waals surface area contributed by atoms with Crippen LogP contribution in [-0.4, -0.2) is 22.3 Å². The largest absolute Gasteiger partial charge is 0.497 e.